The van der Waals surface area contributed by atoms with E-state index in [0.29, 0.717) is 0 Å². The average Bonchev–Trinajstić information content (AvgIpc) is 2.69. The monoisotopic (exact) mass is 429 g/mol. The van der Waals surface area contributed by atoms with Gasteiger partial charge in [-0.15, -0.1) is 23.2 Å². The van der Waals surface area contributed by atoms with Crippen molar-refractivity contribution in [3.63, 3.8) is 0 Å². The molecular formula is C26H33Cl2N. The number of benzene rings is 2. The molecule has 156 valence electrons. The Morgan fingerprint density at radius 1 is 0.759 bits per heavy atom. The Bertz CT molecular complexity index is 770. The summed E-state index contributed by atoms with van der Waals surface area (Å²) in [7, 11) is 2.24. The first-order chi connectivity index (χ1) is 14.0. The van der Waals surface area contributed by atoms with Gasteiger partial charge in [-0.05, 0) is 93.6 Å². The molecule has 0 saturated heterocycles. The largest absolute Gasteiger partial charge is 0.306 e. The summed E-state index contributed by atoms with van der Waals surface area (Å²) in [5.41, 5.74) is 5.59. The van der Waals surface area contributed by atoms with Gasteiger partial charge < -0.3 is 4.90 Å². The molecule has 0 aliphatic heterocycles. The number of hydrogen-bond acceptors (Lipinski definition) is 1. The van der Waals surface area contributed by atoms with Crippen molar-refractivity contribution in [2.24, 2.45) is 0 Å². The van der Waals surface area contributed by atoms with Crippen LogP contribution < -0.4 is 0 Å². The Labute approximate surface area is 186 Å². The summed E-state index contributed by atoms with van der Waals surface area (Å²) in [6, 6.07) is 17.5. The molecule has 0 amide bonds. The molecule has 0 aromatic heterocycles. The third-order valence-electron chi connectivity index (χ3n) is 7.03. The predicted octanol–water partition coefficient (Wildman–Crippen LogP) is 7.03. The molecule has 0 N–H and O–H groups in total. The summed E-state index contributed by atoms with van der Waals surface area (Å²) in [4.78, 5) is 2.15. The number of rotatable bonds is 9. The van der Waals surface area contributed by atoms with E-state index < -0.39 is 0 Å². The van der Waals surface area contributed by atoms with Gasteiger partial charge in [0.1, 0.15) is 0 Å². The first kappa shape index (κ1) is 21.2. The Morgan fingerprint density at radius 3 is 1.86 bits per heavy atom. The van der Waals surface area contributed by atoms with Gasteiger partial charge in [-0.1, -0.05) is 48.5 Å². The summed E-state index contributed by atoms with van der Waals surface area (Å²) < 4.78 is 0. The minimum atomic E-state index is -0.151. The molecule has 2 aromatic rings. The zero-order valence-corrected chi connectivity index (χ0v) is 19.1. The summed E-state index contributed by atoms with van der Waals surface area (Å²) >= 11 is 14.1. The van der Waals surface area contributed by atoms with Crippen LogP contribution >= 0.6 is 23.2 Å². The quantitative estimate of drug-likeness (QED) is 0.386. The van der Waals surface area contributed by atoms with Crippen molar-refractivity contribution in [3.05, 3.63) is 70.8 Å². The fourth-order valence-electron chi connectivity index (χ4n) is 4.81. The lowest BCUT2D eigenvalue weighted by atomic mass is 9.71. The molecule has 2 aromatic carbocycles. The Hall–Kier alpha value is -1.02. The van der Waals surface area contributed by atoms with Crippen LogP contribution in [0.2, 0.25) is 0 Å². The van der Waals surface area contributed by atoms with E-state index in [2.05, 4.69) is 60.5 Å². The maximum atomic E-state index is 7.03. The highest BCUT2D eigenvalue weighted by Gasteiger charge is 2.42. The highest BCUT2D eigenvalue weighted by molar-refractivity contribution is 6.25. The van der Waals surface area contributed by atoms with E-state index in [1.165, 1.54) is 35.1 Å². The van der Waals surface area contributed by atoms with Crippen molar-refractivity contribution < 1.29 is 0 Å². The zero-order chi connectivity index (χ0) is 20.3. The first-order valence-corrected chi connectivity index (χ1v) is 12.0. The van der Waals surface area contributed by atoms with Crippen LogP contribution in [0.1, 0.15) is 67.2 Å². The van der Waals surface area contributed by atoms with E-state index in [-0.39, 0.29) is 9.75 Å². The van der Waals surface area contributed by atoms with Crippen LogP contribution in [0.5, 0.6) is 0 Å². The molecule has 2 aliphatic carbocycles. The van der Waals surface area contributed by atoms with Gasteiger partial charge in [-0.3, -0.25) is 0 Å². The van der Waals surface area contributed by atoms with Gasteiger partial charge in [0.2, 0.25) is 0 Å². The normalized spacial score (nSPS) is 19.6. The molecule has 2 aliphatic rings. The van der Waals surface area contributed by atoms with Gasteiger partial charge in [0, 0.05) is 6.54 Å². The summed E-state index contributed by atoms with van der Waals surface area (Å²) in [5.74, 6) is 0. The highest BCUT2D eigenvalue weighted by Crippen LogP contribution is 2.53. The van der Waals surface area contributed by atoms with Crippen LogP contribution in [0, 0.1) is 0 Å². The third kappa shape index (κ3) is 4.68. The summed E-state index contributed by atoms with van der Waals surface area (Å²) in [5, 5.41) is 0. The number of halogens is 2. The van der Waals surface area contributed by atoms with Gasteiger partial charge in [-0.2, -0.15) is 0 Å². The second kappa shape index (κ2) is 9.00. The van der Waals surface area contributed by atoms with Crippen molar-refractivity contribution in [2.75, 3.05) is 20.1 Å². The lowest BCUT2D eigenvalue weighted by molar-refractivity contribution is 0.328. The number of likely N-dealkylation sites (N-methyl/N-ethyl adjacent to an activating group) is 1. The van der Waals surface area contributed by atoms with Crippen LogP contribution in [-0.4, -0.2) is 25.0 Å². The molecule has 1 nitrogen and oxygen atoms in total. The zero-order valence-electron chi connectivity index (χ0n) is 17.6. The van der Waals surface area contributed by atoms with Gasteiger partial charge in [-0.25, -0.2) is 0 Å². The van der Waals surface area contributed by atoms with Gasteiger partial charge in [0.25, 0.3) is 0 Å². The van der Waals surface area contributed by atoms with Gasteiger partial charge in [0.15, 0.2) is 0 Å². The molecule has 0 bridgehead atoms. The lowest BCUT2D eigenvalue weighted by Gasteiger charge is -2.42. The van der Waals surface area contributed by atoms with E-state index in [0.717, 1.165) is 58.0 Å². The van der Waals surface area contributed by atoms with E-state index in [4.69, 9.17) is 23.2 Å². The molecule has 0 unspecified atom stereocenters. The Morgan fingerprint density at radius 2 is 1.34 bits per heavy atom. The fraction of sp³-hybridized carbons (Fsp3) is 0.538. The van der Waals surface area contributed by atoms with Gasteiger partial charge >= 0.3 is 0 Å². The maximum absolute atomic E-state index is 7.03. The van der Waals surface area contributed by atoms with Crippen LogP contribution in [-0.2, 0) is 22.6 Å². The maximum Gasteiger partial charge on any atom is 0.0697 e. The molecule has 3 heteroatoms. The van der Waals surface area contributed by atoms with E-state index >= 15 is 0 Å². The standard InChI is InChI=1S/C26H33Cl2N/c1-29(20-14-21-9-3-2-4-10-21)19-6-11-22-23(25(27)15-7-16-25)12-5-13-24(22)26(28)17-8-18-26/h2-5,9-10,12-13H,6-8,11,14-20H2,1H3. The number of alkyl halides is 2. The summed E-state index contributed by atoms with van der Waals surface area (Å²) in [6.07, 6.45) is 10.2. The molecule has 29 heavy (non-hydrogen) atoms. The highest BCUT2D eigenvalue weighted by atomic mass is 35.5. The van der Waals surface area contributed by atoms with E-state index in [1.54, 1.807) is 0 Å². The molecule has 0 radical (unpaired) electrons. The van der Waals surface area contributed by atoms with Crippen molar-refractivity contribution in [2.45, 2.75) is 67.5 Å². The van der Waals surface area contributed by atoms with E-state index in [1.807, 2.05) is 0 Å². The average molecular weight is 430 g/mol. The molecule has 4 rings (SSSR count). The fourth-order valence-corrected chi connectivity index (χ4v) is 5.70. The molecule has 2 fully saturated rings. The smallest absolute Gasteiger partial charge is 0.0697 e. The number of nitrogens with zero attached hydrogens (tertiary/aromatic N) is 1. The lowest BCUT2D eigenvalue weighted by Crippen LogP contribution is -2.33. The molecule has 0 heterocycles. The van der Waals surface area contributed by atoms with E-state index in [9.17, 15) is 0 Å². The van der Waals surface area contributed by atoms with Crippen LogP contribution in [0.25, 0.3) is 0 Å². The second-order valence-corrected chi connectivity index (χ2v) is 10.6. The number of hydrogen-bond donors (Lipinski definition) is 0. The molecule has 0 spiro atoms. The minimum Gasteiger partial charge on any atom is -0.306 e. The summed E-state index contributed by atoms with van der Waals surface area (Å²) in [6.45, 7) is 2.20. The first-order valence-electron chi connectivity index (χ1n) is 11.2. The SMILES string of the molecule is CN(CCCc1c(C2(Cl)CCC2)cccc1C1(Cl)CCC1)CCc1ccccc1. The topological polar surface area (TPSA) is 3.24 Å². The molecule has 0 atom stereocenters. The van der Waals surface area contributed by atoms with Gasteiger partial charge in [0.05, 0.1) is 9.75 Å². The predicted molar refractivity (Wildman–Crippen MR) is 125 cm³/mol. The Balaban J connectivity index is 1.42. The van der Waals surface area contributed by atoms with Crippen molar-refractivity contribution in [1.29, 1.82) is 0 Å². The Kier molecular flexibility index (Phi) is 6.59. The molecular weight excluding hydrogens is 397 g/mol. The third-order valence-corrected chi connectivity index (χ3v) is 8.19. The van der Waals surface area contributed by atoms with Crippen LogP contribution in [0.15, 0.2) is 48.5 Å². The minimum absolute atomic E-state index is 0.151. The van der Waals surface area contributed by atoms with Crippen molar-refractivity contribution >= 4 is 23.2 Å². The van der Waals surface area contributed by atoms with Crippen molar-refractivity contribution in [1.82, 2.24) is 4.90 Å². The van der Waals surface area contributed by atoms with Crippen LogP contribution in [0.3, 0.4) is 0 Å². The van der Waals surface area contributed by atoms with Crippen LogP contribution in [0.4, 0.5) is 0 Å². The second-order valence-electron chi connectivity index (χ2n) is 9.11. The van der Waals surface area contributed by atoms with Crippen molar-refractivity contribution in [3.8, 4) is 0 Å². The molecule has 2 saturated carbocycles.